The Labute approximate surface area is 167 Å². The number of esters is 1. The first kappa shape index (κ1) is 20.1. The van der Waals surface area contributed by atoms with Crippen LogP contribution in [-0.2, 0) is 9.53 Å². The van der Waals surface area contributed by atoms with Gasteiger partial charge < -0.3 is 10.1 Å². The Balaban J connectivity index is 1.49. The highest BCUT2D eigenvalue weighted by Crippen LogP contribution is 2.23. The molecule has 1 aliphatic carbocycles. The van der Waals surface area contributed by atoms with Crippen molar-refractivity contribution in [3.63, 3.8) is 0 Å². The Morgan fingerprint density at radius 3 is 2.75 bits per heavy atom. The molecule has 2 atom stereocenters. The number of hydrogen-bond donors (Lipinski definition) is 2. The van der Waals surface area contributed by atoms with Gasteiger partial charge in [-0.25, -0.2) is 14.6 Å². The highest BCUT2D eigenvalue weighted by molar-refractivity contribution is 6.29. The summed E-state index contributed by atoms with van der Waals surface area (Å²) in [5.41, 5.74) is 0.931. The zero-order valence-electron chi connectivity index (χ0n) is 15.5. The topological polar surface area (TPSA) is 97.4 Å². The van der Waals surface area contributed by atoms with Crippen molar-refractivity contribution in [1.29, 1.82) is 0 Å². The molecule has 1 aromatic carbocycles. The van der Waals surface area contributed by atoms with Gasteiger partial charge in [-0.1, -0.05) is 31.4 Å². The molecule has 0 saturated heterocycles. The number of nitrogens with one attached hydrogen (secondary N) is 2. The van der Waals surface area contributed by atoms with Crippen LogP contribution in [0.1, 0.15) is 43.0 Å². The van der Waals surface area contributed by atoms with Crippen molar-refractivity contribution in [1.82, 2.24) is 15.6 Å². The van der Waals surface area contributed by atoms with Gasteiger partial charge >= 0.3 is 12.0 Å². The van der Waals surface area contributed by atoms with Gasteiger partial charge in [-0.15, -0.1) is 0 Å². The molecule has 148 valence electrons. The van der Waals surface area contributed by atoms with Gasteiger partial charge in [0.25, 0.3) is 5.91 Å². The molecule has 2 N–H and O–H groups in total. The molecule has 1 saturated carbocycles. The fourth-order valence-corrected chi connectivity index (χ4v) is 3.49. The van der Waals surface area contributed by atoms with Crippen LogP contribution < -0.4 is 10.6 Å². The molecule has 0 radical (unpaired) electrons. The number of amides is 3. The van der Waals surface area contributed by atoms with E-state index < -0.39 is 24.5 Å². The van der Waals surface area contributed by atoms with E-state index in [0.29, 0.717) is 16.6 Å². The van der Waals surface area contributed by atoms with E-state index in [2.05, 4.69) is 22.5 Å². The quantitative estimate of drug-likeness (QED) is 0.602. The zero-order valence-corrected chi connectivity index (χ0v) is 16.3. The van der Waals surface area contributed by atoms with E-state index in [1.165, 1.54) is 0 Å². The number of ether oxygens (including phenoxy) is 1. The van der Waals surface area contributed by atoms with E-state index in [-0.39, 0.29) is 11.6 Å². The van der Waals surface area contributed by atoms with Crippen LogP contribution in [0.2, 0.25) is 5.15 Å². The summed E-state index contributed by atoms with van der Waals surface area (Å²) in [6.07, 6.45) is 4.19. The number of carbonyl (C=O) groups excluding carboxylic acids is 3. The normalized spacial score (nSPS) is 19.1. The lowest BCUT2D eigenvalue weighted by Crippen LogP contribution is -2.48. The summed E-state index contributed by atoms with van der Waals surface area (Å²) in [5, 5.41) is 6.10. The number of aromatic nitrogens is 1. The summed E-state index contributed by atoms with van der Waals surface area (Å²) in [7, 11) is 0. The van der Waals surface area contributed by atoms with E-state index >= 15 is 0 Å². The molecule has 2 unspecified atom stereocenters. The molecule has 0 bridgehead atoms. The van der Waals surface area contributed by atoms with E-state index in [9.17, 15) is 14.4 Å². The second-order valence-corrected chi connectivity index (χ2v) is 7.39. The summed E-state index contributed by atoms with van der Waals surface area (Å²) >= 11 is 5.84. The molecule has 1 aliphatic rings. The SMILES string of the molecule is CC1CCCCC1NC(=O)NC(=O)COC(=O)c1ccc2nc(Cl)ccc2c1. The first-order chi connectivity index (χ1) is 13.4. The van der Waals surface area contributed by atoms with Crippen molar-refractivity contribution < 1.29 is 19.1 Å². The summed E-state index contributed by atoms with van der Waals surface area (Å²) in [4.78, 5) is 40.1. The maximum Gasteiger partial charge on any atom is 0.338 e. The van der Waals surface area contributed by atoms with Gasteiger partial charge in [0.15, 0.2) is 6.61 Å². The maximum atomic E-state index is 12.2. The highest BCUT2D eigenvalue weighted by atomic mass is 35.5. The standard InChI is InChI=1S/C20H22ClN3O4/c1-12-4-2-3-5-15(12)23-20(27)24-18(25)11-28-19(26)14-6-8-16-13(10-14)7-9-17(21)22-16/h6-10,12,15H,2-5,11H2,1H3,(H2,23,24,25,27). The third-order valence-corrected chi connectivity index (χ3v) is 5.12. The van der Waals surface area contributed by atoms with Gasteiger partial charge in [0.2, 0.25) is 0 Å². The summed E-state index contributed by atoms with van der Waals surface area (Å²) in [6, 6.07) is 7.66. The molecule has 8 heteroatoms. The second-order valence-electron chi connectivity index (χ2n) is 7.01. The first-order valence-corrected chi connectivity index (χ1v) is 9.64. The molecule has 0 aliphatic heterocycles. The lowest BCUT2D eigenvalue weighted by atomic mass is 9.86. The molecular weight excluding hydrogens is 382 g/mol. The minimum Gasteiger partial charge on any atom is -0.452 e. The van der Waals surface area contributed by atoms with Gasteiger partial charge in [0, 0.05) is 11.4 Å². The van der Waals surface area contributed by atoms with Gasteiger partial charge in [0.05, 0.1) is 11.1 Å². The molecule has 3 amide bonds. The summed E-state index contributed by atoms with van der Waals surface area (Å²) in [5.74, 6) is -0.957. The third-order valence-electron chi connectivity index (χ3n) is 4.91. The number of urea groups is 1. The van der Waals surface area contributed by atoms with Gasteiger partial charge in [-0.05, 0) is 49.1 Å². The third kappa shape index (κ3) is 5.19. The van der Waals surface area contributed by atoms with Crippen molar-refractivity contribution in [3.05, 3.63) is 41.0 Å². The predicted molar refractivity (Wildman–Crippen MR) is 105 cm³/mol. The van der Waals surface area contributed by atoms with Crippen molar-refractivity contribution in [3.8, 4) is 0 Å². The Morgan fingerprint density at radius 2 is 1.96 bits per heavy atom. The van der Waals surface area contributed by atoms with Crippen LogP contribution in [-0.4, -0.2) is 35.5 Å². The number of imide groups is 1. The second kappa shape index (κ2) is 9.01. The number of fused-ring (bicyclic) bond motifs is 1. The molecular formula is C20H22ClN3O4. The average Bonchev–Trinajstić information content (AvgIpc) is 2.67. The lowest BCUT2D eigenvalue weighted by Gasteiger charge is -2.29. The monoisotopic (exact) mass is 403 g/mol. The number of halogens is 1. The minimum absolute atomic E-state index is 0.0591. The van der Waals surface area contributed by atoms with Gasteiger partial charge in [-0.2, -0.15) is 0 Å². The zero-order chi connectivity index (χ0) is 20.1. The van der Waals surface area contributed by atoms with Crippen molar-refractivity contribution in [2.24, 2.45) is 5.92 Å². The van der Waals surface area contributed by atoms with E-state index in [0.717, 1.165) is 31.1 Å². The number of nitrogens with zero attached hydrogens (tertiary/aromatic N) is 1. The molecule has 7 nitrogen and oxygen atoms in total. The maximum absolute atomic E-state index is 12.2. The molecule has 1 heterocycles. The molecule has 1 aromatic heterocycles. The van der Waals surface area contributed by atoms with Crippen LogP contribution in [0.3, 0.4) is 0 Å². The molecule has 3 rings (SSSR count). The van der Waals surface area contributed by atoms with Crippen LogP contribution in [0.25, 0.3) is 10.9 Å². The van der Waals surface area contributed by atoms with Gasteiger partial charge in [0.1, 0.15) is 5.15 Å². The van der Waals surface area contributed by atoms with E-state index in [1.54, 1.807) is 30.3 Å². The Kier molecular flexibility index (Phi) is 6.46. The largest absolute Gasteiger partial charge is 0.452 e. The van der Waals surface area contributed by atoms with Crippen LogP contribution in [0.15, 0.2) is 30.3 Å². The number of rotatable bonds is 4. The van der Waals surface area contributed by atoms with E-state index in [4.69, 9.17) is 16.3 Å². The van der Waals surface area contributed by atoms with Gasteiger partial charge in [-0.3, -0.25) is 10.1 Å². The van der Waals surface area contributed by atoms with Crippen molar-refractivity contribution in [2.75, 3.05) is 6.61 Å². The van der Waals surface area contributed by atoms with Crippen LogP contribution in [0, 0.1) is 5.92 Å². The smallest absolute Gasteiger partial charge is 0.338 e. The fraction of sp³-hybridized carbons (Fsp3) is 0.400. The van der Waals surface area contributed by atoms with E-state index in [1.807, 2.05) is 0 Å². The predicted octanol–water partition coefficient (Wildman–Crippen LogP) is 3.45. The molecule has 1 fully saturated rings. The molecule has 28 heavy (non-hydrogen) atoms. The number of carbonyl (C=O) groups is 3. The highest BCUT2D eigenvalue weighted by Gasteiger charge is 2.23. The Bertz CT molecular complexity index is 902. The van der Waals surface area contributed by atoms with Crippen LogP contribution in [0.4, 0.5) is 4.79 Å². The van der Waals surface area contributed by atoms with Crippen LogP contribution >= 0.6 is 11.6 Å². The van der Waals surface area contributed by atoms with Crippen molar-refractivity contribution >= 4 is 40.4 Å². The first-order valence-electron chi connectivity index (χ1n) is 9.26. The molecule has 0 spiro atoms. The average molecular weight is 404 g/mol. The van der Waals surface area contributed by atoms with Crippen molar-refractivity contribution in [2.45, 2.75) is 38.6 Å². The molecule has 2 aromatic rings. The number of benzene rings is 1. The number of hydrogen-bond acceptors (Lipinski definition) is 5. The minimum atomic E-state index is -0.677. The lowest BCUT2D eigenvalue weighted by molar-refractivity contribution is -0.123. The number of pyridine rings is 1. The summed E-state index contributed by atoms with van der Waals surface area (Å²) < 4.78 is 5.00. The Morgan fingerprint density at radius 1 is 1.18 bits per heavy atom. The fourth-order valence-electron chi connectivity index (χ4n) is 3.34. The Hall–Kier alpha value is -2.67. The summed E-state index contributed by atoms with van der Waals surface area (Å²) in [6.45, 7) is 1.55. The van der Waals surface area contributed by atoms with Crippen LogP contribution in [0.5, 0.6) is 0 Å².